The van der Waals surface area contributed by atoms with Crippen LogP contribution in [0.15, 0.2) is 35.5 Å². The van der Waals surface area contributed by atoms with Gasteiger partial charge < -0.3 is 48.1 Å². The van der Waals surface area contributed by atoms with Gasteiger partial charge in [-0.3, -0.25) is 24.2 Å². The zero-order valence-corrected chi connectivity index (χ0v) is 26.6. The molecule has 1 aliphatic heterocycles. The van der Waals surface area contributed by atoms with Crippen LogP contribution < -0.4 is 33.2 Å². The fraction of sp³-hybridized carbons (Fsp3) is 0.548. The lowest BCUT2D eigenvalue weighted by Gasteiger charge is -2.29. The molecule has 0 radical (unpaired) electrons. The van der Waals surface area contributed by atoms with Crippen LogP contribution in [0.1, 0.15) is 58.4 Å². The van der Waals surface area contributed by atoms with E-state index in [0.717, 1.165) is 16.5 Å². The molecule has 4 amide bonds. The molecular formula is C31H47N9O6. The van der Waals surface area contributed by atoms with Crippen molar-refractivity contribution < 1.29 is 29.1 Å². The first kappa shape index (κ1) is 35.8. The maximum Gasteiger partial charge on any atom is 0.326 e. The molecule has 1 aliphatic rings. The topological polar surface area (TPSA) is 251 Å². The van der Waals surface area contributed by atoms with Crippen molar-refractivity contribution >= 4 is 46.5 Å². The highest BCUT2D eigenvalue weighted by atomic mass is 16.4. The van der Waals surface area contributed by atoms with Gasteiger partial charge in [0.05, 0.1) is 6.04 Å². The van der Waals surface area contributed by atoms with Crippen LogP contribution in [0.3, 0.4) is 0 Å². The highest BCUT2D eigenvalue weighted by Gasteiger charge is 2.38. The minimum atomic E-state index is -1.24. The summed E-state index contributed by atoms with van der Waals surface area (Å²) < 4.78 is 0. The lowest BCUT2D eigenvalue weighted by Crippen LogP contribution is -2.58. The predicted molar refractivity (Wildman–Crippen MR) is 173 cm³/mol. The van der Waals surface area contributed by atoms with Gasteiger partial charge in [-0.25, -0.2) is 4.79 Å². The van der Waals surface area contributed by atoms with Crippen molar-refractivity contribution in [2.24, 2.45) is 28.1 Å². The zero-order valence-electron chi connectivity index (χ0n) is 26.6. The number of rotatable bonds is 16. The third-order valence-electron chi connectivity index (χ3n) is 7.92. The summed E-state index contributed by atoms with van der Waals surface area (Å²) in [6, 6.07) is 2.78. The van der Waals surface area contributed by atoms with E-state index in [1.165, 1.54) is 11.8 Å². The highest BCUT2D eigenvalue weighted by Crippen LogP contribution is 2.22. The van der Waals surface area contributed by atoms with Gasteiger partial charge in [0, 0.05) is 30.2 Å². The van der Waals surface area contributed by atoms with Gasteiger partial charge in [0.25, 0.3) is 0 Å². The van der Waals surface area contributed by atoms with Crippen LogP contribution >= 0.6 is 0 Å². The van der Waals surface area contributed by atoms with E-state index < -0.39 is 53.9 Å². The van der Waals surface area contributed by atoms with Gasteiger partial charge in [-0.2, -0.15) is 0 Å². The van der Waals surface area contributed by atoms with Crippen LogP contribution in [0.25, 0.3) is 10.9 Å². The summed E-state index contributed by atoms with van der Waals surface area (Å²) in [5.74, 6) is -3.47. The van der Waals surface area contributed by atoms with Gasteiger partial charge >= 0.3 is 5.97 Å². The van der Waals surface area contributed by atoms with Gasteiger partial charge in [0.2, 0.25) is 23.6 Å². The van der Waals surface area contributed by atoms with Crippen molar-refractivity contribution in [1.82, 2.24) is 25.8 Å². The van der Waals surface area contributed by atoms with Crippen LogP contribution in [-0.4, -0.2) is 93.8 Å². The Morgan fingerprint density at radius 1 is 1.04 bits per heavy atom. The molecule has 3 rings (SSSR count). The number of nitrogens with one attached hydrogen (secondary N) is 4. The number of aliphatic carboxylic acids is 1. The number of nitrogens with zero attached hydrogens (tertiary/aromatic N) is 2. The first-order chi connectivity index (χ1) is 21.8. The molecular weight excluding hydrogens is 594 g/mol. The molecule has 1 aromatic heterocycles. The number of aromatic amines is 1. The number of aliphatic imine (C=N–C) groups is 1. The largest absolute Gasteiger partial charge is 0.480 e. The summed E-state index contributed by atoms with van der Waals surface area (Å²) in [6.07, 6.45) is 3.82. The van der Waals surface area contributed by atoms with Crippen LogP contribution in [0.5, 0.6) is 0 Å². The van der Waals surface area contributed by atoms with Crippen molar-refractivity contribution in [2.45, 2.75) is 89.5 Å². The van der Waals surface area contributed by atoms with Crippen LogP contribution in [0, 0.1) is 5.92 Å². The van der Waals surface area contributed by atoms with Gasteiger partial charge in [-0.15, -0.1) is 0 Å². The van der Waals surface area contributed by atoms with E-state index in [2.05, 4.69) is 25.9 Å². The second kappa shape index (κ2) is 16.6. The maximum absolute atomic E-state index is 13.5. The Labute approximate surface area is 268 Å². The Morgan fingerprint density at radius 2 is 1.76 bits per heavy atom. The van der Waals surface area contributed by atoms with Gasteiger partial charge in [-0.05, 0) is 63.0 Å². The summed E-state index contributed by atoms with van der Waals surface area (Å²) in [5.41, 5.74) is 18.8. The first-order valence-corrected chi connectivity index (χ1v) is 15.6. The average molecular weight is 642 g/mol. The molecule has 1 fully saturated rings. The molecule has 0 unspecified atom stereocenters. The second-order valence-electron chi connectivity index (χ2n) is 12.1. The van der Waals surface area contributed by atoms with Crippen molar-refractivity contribution in [3.8, 4) is 0 Å². The Balaban J connectivity index is 1.60. The summed E-state index contributed by atoms with van der Waals surface area (Å²) in [4.78, 5) is 73.1. The number of benzene rings is 1. The number of hydrogen-bond acceptors (Lipinski definition) is 7. The van der Waals surface area contributed by atoms with E-state index in [1.807, 2.05) is 44.3 Å². The Morgan fingerprint density at radius 3 is 2.43 bits per heavy atom. The van der Waals surface area contributed by atoms with Crippen LogP contribution in [0.2, 0.25) is 0 Å². The molecule has 15 heteroatoms. The fourth-order valence-corrected chi connectivity index (χ4v) is 5.55. The summed E-state index contributed by atoms with van der Waals surface area (Å²) in [5, 5.41) is 18.3. The number of likely N-dealkylation sites (tertiary alicyclic amines) is 1. The van der Waals surface area contributed by atoms with Gasteiger partial charge in [-0.1, -0.05) is 32.0 Å². The molecule has 0 bridgehead atoms. The zero-order chi connectivity index (χ0) is 34.0. The van der Waals surface area contributed by atoms with E-state index in [1.54, 1.807) is 0 Å². The Bertz CT molecular complexity index is 1420. The molecule has 2 aromatic rings. The number of nitrogens with two attached hydrogens (primary N) is 3. The number of carboxylic acid groups (broad SMARTS) is 1. The predicted octanol–water partition coefficient (Wildman–Crippen LogP) is -0.313. The van der Waals surface area contributed by atoms with E-state index in [0.29, 0.717) is 32.2 Å². The van der Waals surface area contributed by atoms with Crippen molar-refractivity contribution in [3.63, 3.8) is 0 Å². The standard InChI is InChI=1S/C31H47N9O6/c1-17(2)14-24(27(42)37-18(3)26(41)38-23(30(45)46)10-6-12-35-31(33)34)39-28(43)25-11-7-13-40(25)29(44)21(32)15-19-16-36-22-9-5-4-8-20(19)22/h4-5,8-9,16-18,21,23-25,36H,6-7,10-15,32H2,1-3H3,(H,37,42)(H,38,41)(H,39,43)(H,45,46)(H4,33,34,35)/t18-,21-,23-,24-,25-/m0/s1. The van der Waals surface area contributed by atoms with Crippen LogP contribution in [-0.2, 0) is 30.4 Å². The minimum absolute atomic E-state index is 0.00713. The molecule has 5 atom stereocenters. The number of hydrogen-bond donors (Lipinski definition) is 8. The second-order valence-corrected chi connectivity index (χ2v) is 12.1. The number of carbonyl (C=O) groups excluding carboxylic acids is 4. The van der Waals surface area contributed by atoms with Crippen molar-refractivity contribution in [1.29, 1.82) is 0 Å². The molecule has 46 heavy (non-hydrogen) atoms. The summed E-state index contributed by atoms with van der Waals surface area (Å²) >= 11 is 0. The normalized spacial score (nSPS) is 17.2. The van der Waals surface area contributed by atoms with Crippen molar-refractivity contribution in [2.75, 3.05) is 13.1 Å². The lowest BCUT2D eigenvalue weighted by molar-refractivity contribution is -0.142. The molecule has 0 saturated carbocycles. The molecule has 252 valence electrons. The van der Waals surface area contributed by atoms with E-state index in [9.17, 15) is 29.1 Å². The molecule has 15 nitrogen and oxygen atoms in total. The number of carbonyl (C=O) groups is 5. The average Bonchev–Trinajstić information content (AvgIpc) is 3.65. The monoisotopic (exact) mass is 641 g/mol. The lowest BCUT2D eigenvalue weighted by atomic mass is 10.0. The SMILES string of the molecule is CC(C)C[C@H](NC(=O)[C@@H]1CCCN1C(=O)[C@@H](N)Cc1c[nH]c2ccccc12)C(=O)N[C@@H](C)C(=O)N[C@@H](CCCN=C(N)N)C(=O)O. The Hall–Kier alpha value is -4.66. The quantitative estimate of drug-likeness (QED) is 0.0679. The molecule has 0 spiro atoms. The van der Waals surface area contributed by atoms with Crippen molar-refractivity contribution in [3.05, 3.63) is 36.0 Å². The number of fused-ring (bicyclic) bond motifs is 1. The summed E-state index contributed by atoms with van der Waals surface area (Å²) in [7, 11) is 0. The smallest absolute Gasteiger partial charge is 0.326 e. The Kier molecular flexibility index (Phi) is 12.9. The number of para-hydroxylation sites is 1. The summed E-state index contributed by atoms with van der Waals surface area (Å²) in [6.45, 7) is 5.76. The third-order valence-corrected chi connectivity index (χ3v) is 7.92. The molecule has 11 N–H and O–H groups in total. The third kappa shape index (κ3) is 9.92. The number of H-pyrrole nitrogens is 1. The van der Waals surface area contributed by atoms with E-state index in [-0.39, 0.29) is 37.2 Å². The molecule has 1 saturated heterocycles. The number of guanidine groups is 1. The van der Waals surface area contributed by atoms with Gasteiger partial charge in [0.1, 0.15) is 24.2 Å². The van der Waals surface area contributed by atoms with E-state index >= 15 is 0 Å². The minimum Gasteiger partial charge on any atom is -0.480 e. The van der Waals surface area contributed by atoms with Gasteiger partial charge in [0.15, 0.2) is 5.96 Å². The first-order valence-electron chi connectivity index (χ1n) is 15.6. The number of amides is 4. The molecule has 0 aliphatic carbocycles. The highest BCUT2D eigenvalue weighted by molar-refractivity contribution is 5.95. The fourth-order valence-electron chi connectivity index (χ4n) is 5.55. The molecule has 1 aromatic carbocycles. The molecule has 2 heterocycles. The number of aromatic nitrogens is 1. The maximum atomic E-state index is 13.5. The van der Waals surface area contributed by atoms with Crippen LogP contribution in [0.4, 0.5) is 0 Å². The van der Waals surface area contributed by atoms with E-state index in [4.69, 9.17) is 17.2 Å². The number of carboxylic acids is 1.